The molecule has 0 saturated carbocycles. The number of amides is 1. The van der Waals surface area contributed by atoms with Crippen molar-refractivity contribution in [3.05, 3.63) is 76.2 Å². The van der Waals surface area contributed by atoms with Crippen LogP contribution in [-0.2, 0) is 0 Å². The molecule has 0 aliphatic carbocycles. The maximum absolute atomic E-state index is 13.6. The van der Waals surface area contributed by atoms with Gasteiger partial charge in [-0.15, -0.1) is 0 Å². The van der Waals surface area contributed by atoms with Gasteiger partial charge in [-0.05, 0) is 31.2 Å². The van der Waals surface area contributed by atoms with Crippen LogP contribution in [0.3, 0.4) is 0 Å². The summed E-state index contributed by atoms with van der Waals surface area (Å²) < 4.78 is 13.6. The first-order valence-electron chi connectivity index (χ1n) is 7.20. The molecule has 0 unspecified atom stereocenters. The number of rotatable bonds is 3. The van der Waals surface area contributed by atoms with Crippen LogP contribution in [0.5, 0.6) is 0 Å². The second-order valence-electron chi connectivity index (χ2n) is 5.15. The van der Waals surface area contributed by atoms with Crippen molar-refractivity contribution in [1.82, 2.24) is 10.4 Å². The van der Waals surface area contributed by atoms with E-state index in [-0.39, 0.29) is 10.6 Å². The minimum atomic E-state index is -0.510. The molecule has 4 nitrogen and oxygen atoms in total. The Balaban J connectivity index is 1.83. The van der Waals surface area contributed by atoms with E-state index >= 15 is 0 Å². The summed E-state index contributed by atoms with van der Waals surface area (Å²) in [6.45, 7) is 1.75. The van der Waals surface area contributed by atoms with Crippen LogP contribution in [-0.4, -0.2) is 17.1 Å². The van der Waals surface area contributed by atoms with E-state index in [2.05, 4.69) is 15.5 Å². The largest absolute Gasteiger partial charge is 0.273 e. The van der Waals surface area contributed by atoms with Crippen molar-refractivity contribution in [1.29, 1.82) is 0 Å². The Morgan fingerprint density at radius 3 is 2.83 bits per heavy atom. The predicted octanol–water partition coefficient (Wildman–Crippen LogP) is 4.10. The Morgan fingerprint density at radius 1 is 1.25 bits per heavy atom. The van der Waals surface area contributed by atoms with Crippen LogP contribution < -0.4 is 5.43 Å². The molecular formula is C18H13ClFN3O. The van der Waals surface area contributed by atoms with Crippen molar-refractivity contribution in [2.45, 2.75) is 6.92 Å². The number of halogens is 2. The monoisotopic (exact) mass is 341 g/mol. The fraction of sp³-hybridized carbons (Fsp3) is 0.0556. The normalized spacial score (nSPS) is 11.1. The summed E-state index contributed by atoms with van der Waals surface area (Å²) in [5, 5.41) is 4.86. The highest BCUT2D eigenvalue weighted by molar-refractivity contribution is 6.33. The number of aromatic nitrogens is 1. The van der Waals surface area contributed by atoms with Gasteiger partial charge in [0, 0.05) is 10.9 Å². The van der Waals surface area contributed by atoms with Crippen molar-refractivity contribution in [3.63, 3.8) is 0 Å². The number of para-hydroxylation sites is 1. The van der Waals surface area contributed by atoms with Gasteiger partial charge < -0.3 is 0 Å². The standard InChI is InChI=1S/C18H13ClFN3O/c1-11-13(9-12-5-2-3-8-17(12)22-11)18(24)23-21-10-14-15(19)6-4-7-16(14)20/h2-10H,1H3,(H,23,24)/b21-10-. The van der Waals surface area contributed by atoms with Crippen LogP contribution in [0.2, 0.25) is 5.02 Å². The highest BCUT2D eigenvalue weighted by Gasteiger charge is 2.11. The molecule has 3 aromatic rings. The molecule has 1 amide bonds. The molecule has 1 heterocycles. The molecular weight excluding hydrogens is 329 g/mol. The number of benzene rings is 2. The first kappa shape index (κ1) is 16.1. The van der Waals surface area contributed by atoms with Gasteiger partial charge in [-0.1, -0.05) is 35.9 Å². The predicted molar refractivity (Wildman–Crippen MR) is 93.0 cm³/mol. The average Bonchev–Trinajstić information content (AvgIpc) is 2.56. The van der Waals surface area contributed by atoms with Gasteiger partial charge in [0.25, 0.3) is 5.91 Å². The van der Waals surface area contributed by atoms with Gasteiger partial charge in [0.2, 0.25) is 0 Å². The van der Waals surface area contributed by atoms with Crippen molar-refractivity contribution in [2.75, 3.05) is 0 Å². The Morgan fingerprint density at radius 2 is 2.04 bits per heavy atom. The van der Waals surface area contributed by atoms with Crippen LogP contribution >= 0.6 is 11.6 Å². The molecule has 0 aliphatic rings. The van der Waals surface area contributed by atoms with Gasteiger partial charge in [-0.25, -0.2) is 9.82 Å². The highest BCUT2D eigenvalue weighted by atomic mass is 35.5. The lowest BCUT2D eigenvalue weighted by Gasteiger charge is -2.06. The number of nitrogens with one attached hydrogen (secondary N) is 1. The van der Waals surface area contributed by atoms with Gasteiger partial charge in [0.15, 0.2) is 0 Å². The summed E-state index contributed by atoms with van der Waals surface area (Å²) in [5.74, 6) is -0.932. The summed E-state index contributed by atoms with van der Waals surface area (Å²) in [6.07, 6.45) is 1.18. The number of hydrogen-bond donors (Lipinski definition) is 1. The zero-order chi connectivity index (χ0) is 17.1. The molecule has 0 bridgehead atoms. The van der Waals surface area contributed by atoms with E-state index in [1.165, 1.54) is 18.3 Å². The molecule has 1 aromatic heterocycles. The van der Waals surface area contributed by atoms with Crippen LogP contribution in [0.15, 0.2) is 53.6 Å². The van der Waals surface area contributed by atoms with E-state index in [4.69, 9.17) is 11.6 Å². The zero-order valence-electron chi connectivity index (χ0n) is 12.8. The third-order valence-electron chi connectivity index (χ3n) is 3.52. The zero-order valence-corrected chi connectivity index (χ0v) is 13.5. The molecule has 0 radical (unpaired) electrons. The van der Waals surface area contributed by atoms with Gasteiger partial charge >= 0.3 is 0 Å². The van der Waals surface area contributed by atoms with Crippen LogP contribution in [0.25, 0.3) is 10.9 Å². The summed E-state index contributed by atoms with van der Waals surface area (Å²) in [6, 6.07) is 13.6. The molecule has 0 spiro atoms. The van der Waals surface area contributed by atoms with Crippen molar-refractivity contribution in [3.8, 4) is 0 Å². The van der Waals surface area contributed by atoms with E-state index in [0.29, 0.717) is 11.3 Å². The van der Waals surface area contributed by atoms with Crippen molar-refractivity contribution < 1.29 is 9.18 Å². The Hall–Kier alpha value is -2.79. The molecule has 2 aromatic carbocycles. The Bertz CT molecular complexity index is 936. The topological polar surface area (TPSA) is 54.4 Å². The number of hydrazone groups is 1. The summed E-state index contributed by atoms with van der Waals surface area (Å²) in [5.41, 5.74) is 4.30. The number of fused-ring (bicyclic) bond motifs is 1. The minimum absolute atomic E-state index is 0.118. The van der Waals surface area contributed by atoms with Crippen molar-refractivity contribution >= 4 is 34.6 Å². The quantitative estimate of drug-likeness (QED) is 0.576. The molecule has 0 atom stereocenters. The van der Waals surface area contributed by atoms with E-state index in [1.54, 1.807) is 19.1 Å². The lowest BCUT2D eigenvalue weighted by molar-refractivity contribution is 0.0954. The van der Waals surface area contributed by atoms with Crippen molar-refractivity contribution in [2.24, 2.45) is 5.10 Å². The maximum atomic E-state index is 13.6. The molecule has 6 heteroatoms. The smallest absolute Gasteiger partial charge is 0.267 e. The highest BCUT2D eigenvalue weighted by Crippen LogP contribution is 2.17. The van der Waals surface area contributed by atoms with E-state index in [1.807, 2.05) is 24.3 Å². The SMILES string of the molecule is Cc1nc2ccccc2cc1C(=O)N/N=C\c1c(F)cccc1Cl. The van der Waals surface area contributed by atoms with E-state index < -0.39 is 11.7 Å². The maximum Gasteiger partial charge on any atom is 0.273 e. The molecule has 3 rings (SSSR count). The van der Waals surface area contributed by atoms with E-state index in [0.717, 1.165) is 10.9 Å². The molecule has 1 N–H and O–H groups in total. The fourth-order valence-electron chi connectivity index (χ4n) is 2.29. The summed E-state index contributed by atoms with van der Waals surface area (Å²) in [7, 11) is 0. The van der Waals surface area contributed by atoms with Gasteiger partial charge in [-0.2, -0.15) is 5.10 Å². The molecule has 0 fully saturated rings. The molecule has 0 saturated heterocycles. The fourth-order valence-corrected chi connectivity index (χ4v) is 2.50. The average molecular weight is 342 g/mol. The van der Waals surface area contributed by atoms with Crippen LogP contribution in [0, 0.1) is 12.7 Å². The lowest BCUT2D eigenvalue weighted by Crippen LogP contribution is -2.19. The number of carbonyl (C=O) groups is 1. The molecule has 0 aliphatic heterocycles. The molecule has 120 valence electrons. The molecule has 24 heavy (non-hydrogen) atoms. The first-order valence-corrected chi connectivity index (χ1v) is 7.58. The number of pyridine rings is 1. The number of carbonyl (C=O) groups excluding carboxylic acids is 1. The first-order chi connectivity index (χ1) is 11.6. The van der Waals surface area contributed by atoms with Crippen LogP contribution in [0.1, 0.15) is 21.6 Å². The van der Waals surface area contributed by atoms with Gasteiger partial charge in [0.05, 0.1) is 28.0 Å². The number of hydrogen-bond acceptors (Lipinski definition) is 3. The lowest BCUT2D eigenvalue weighted by atomic mass is 10.1. The second-order valence-corrected chi connectivity index (χ2v) is 5.56. The Kier molecular flexibility index (Phi) is 4.53. The van der Waals surface area contributed by atoms with Gasteiger partial charge in [-0.3, -0.25) is 9.78 Å². The third-order valence-corrected chi connectivity index (χ3v) is 3.85. The third kappa shape index (κ3) is 3.26. The summed E-state index contributed by atoms with van der Waals surface area (Å²) >= 11 is 5.90. The Labute approximate surface area is 143 Å². The summed E-state index contributed by atoms with van der Waals surface area (Å²) in [4.78, 5) is 16.7. The number of nitrogens with zero attached hydrogens (tertiary/aromatic N) is 2. The second kappa shape index (κ2) is 6.76. The minimum Gasteiger partial charge on any atom is -0.267 e. The van der Waals surface area contributed by atoms with E-state index in [9.17, 15) is 9.18 Å². The van der Waals surface area contributed by atoms with Gasteiger partial charge in [0.1, 0.15) is 5.82 Å². The number of aryl methyl sites for hydroxylation is 1. The van der Waals surface area contributed by atoms with Crippen LogP contribution in [0.4, 0.5) is 4.39 Å².